The number of aromatic carboxylic acids is 1. The Kier molecular flexibility index (Phi) is 7.67. The lowest BCUT2D eigenvalue weighted by Gasteiger charge is -2.14. The van der Waals surface area contributed by atoms with Crippen LogP contribution in [0.3, 0.4) is 0 Å². The van der Waals surface area contributed by atoms with E-state index >= 15 is 0 Å². The summed E-state index contributed by atoms with van der Waals surface area (Å²) in [6, 6.07) is 7.33. The highest BCUT2D eigenvalue weighted by Crippen LogP contribution is 2.21. The third kappa shape index (κ3) is 6.36. The first-order valence-corrected chi connectivity index (χ1v) is 10.6. The molecular weight excluding hydrogens is 444 g/mol. The van der Waals surface area contributed by atoms with Gasteiger partial charge in [-0.25, -0.2) is 17.9 Å². The molecule has 0 aliphatic heterocycles. The van der Waals surface area contributed by atoms with Gasteiger partial charge in [0.1, 0.15) is 11.3 Å². The largest absolute Gasteiger partial charge is 0.507 e. The van der Waals surface area contributed by atoms with Gasteiger partial charge < -0.3 is 20.6 Å². The smallest absolute Gasteiger partial charge is 0.339 e. The van der Waals surface area contributed by atoms with Gasteiger partial charge >= 0.3 is 11.9 Å². The fourth-order valence-corrected chi connectivity index (χ4v) is 3.65. The zero-order valence-corrected chi connectivity index (χ0v) is 17.5. The molecule has 2 aromatic rings. The van der Waals surface area contributed by atoms with Crippen molar-refractivity contribution in [2.45, 2.75) is 30.8 Å². The lowest BCUT2D eigenvalue weighted by Crippen LogP contribution is -2.41. The van der Waals surface area contributed by atoms with E-state index in [0.29, 0.717) is 5.56 Å². The standard InChI is InChI=1S/C20H20N2O9S/c1-11(23)16(9-18(25)26)22-19(27)13-4-2-12(3-5-13)10-21-32(30,31)14-6-7-17(24)15(8-14)20(28)29/h2-8,16,21,24H,9-10H2,1H3,(H,22,27)(H,25,26)(H,28,29). The number of amides is 1. The zero-order valence-electron chi connectivity index (χ0n) is 16.7. The van der Waals surface area contributed by atoms with Crippen LogP contribution < -0.4 is 10.0 Å². The van der Waals surface area contributed by atoms with E-state index in [0.717, 1.165) is 25.1 Å². The molecule has 1 atom stereocenters. The molecule has 0 aromatic heterocycles. The number of carbonyl (C=O) groups is 4. The Morgan fingerprint density at radius 2 is 1.62 bits per heavy atom. The average Bonchev–Trinajstić information content (AvgIpc) is 2.71. The third-order valence-corrected chi connectivity index (χ3v) is 5.76. The van der Waals surface area contributed by atoms with Crippen LogP contribution in [0.15, 0.2) is 47.4 Å². The molecule has 0 fully saturated rings. The van der Waals surface area contributed by atoms with Crippen LogP contribution in [0.2, 0.25) is 0 Å². The maximum atomic E-state index is 12.4. The van der Waals surface area contributed by atoms with E-state index in [9.17, 15) is 32.7 Å². The predicted octanol–water partition coefficient (Wildman–Crippen LogP) is 0.731. The van der Waals surface area contributed by atoms with Gasteiger partial charge in [0.15, 0.2) is 5.78 Å². The van der Waals surface area contributed by atoms with Crippen LogP contribution in [-0.4, -0.2) is 53.4 Å². The molecule has 0 saturated heterocycles. The molecule has 1 unspecified atom stereocenters. The second-order valence-electron chi connectivity index (χ2n) is 6.74. The van der Waals surface area contributed by atoms with Crippen molar-refractivity contribution in [3.8, 4) is 5.75 Å². The molecule has 32 heavy (non-hydrogen) atoms. The summed E-state index contributed by atoms with van der Waals surface area (Å²) in [4.78, 5) is 45.2. The number of sulfonamides is 1. The van der Waals surface area contributed by atoms with Crippen LogP contribution in [0.5, 0.6) is 5.75 Å². The van der Waals surface area contributed by atoms with Gasteiger partial charge in [-0.2, -0.15) is 0 Å². The van der Waals surface area contributed by atoms with Gasteiger partial charge in [-0.3, -0.25) is 14.4 Å². The quantitative estimate of drug-likeness (QED) is 0.338. The van der Waals surface area contributed by atoms with Crippen molar-refractivity contribution in [3.63, 3.8) is 0 Å². The van der Waals surface area contributed by atoms with Crippen molar-refractivity contribution in [2.75, 3.05) is 0 Å². The van der Waals surface area contributed by atoms with Crippen LogP contribution >= 0.6 is 0 Å². The summed E-state index contributed by atoms with van der Waals surface area (Å²) in [6.45, 7) is 0.985. The van der Waals surface area contributed by atoms with Crippen molar-refractivity contribution in [1.82, 2.24) is 10.0 Å². The van der Waals surface area contributed by atoms with E-state index in [1.165, 1.54) is 24.3 Å². The second-order valence-corrected chi connectivity index (χ2v) is 8.51. The minimum atomic E-state index is -4.09. The minimum Gasteiger partial charge on any atom is -0.507 e. The number of ketones is 1. The van der Waals surface area contributed by atoms with Crippen molar-refractivity contribution in [2.24, 2.45) is 0 Å². The molecule has 0 spiro atoms. The maximum Gasteiger partial charge on any atom is 0.339 e. The number of hydrogen-bond donors (Lipinski definition) is 5. The van der Waals surface area contributed by atoms with Crippen LogP contribution in [0, 0.1) is 0 Å². The molecule has 0 radical (unpaired) electrons. The number of aliphatic carboxylic acids is 1. The van der Waals surface area contributed by atoms with Gasteiger partial charge in [0.05, 0.1) is 17.4 Å². The van der Waals surface area contributed by atoms with Gasteiger partial charge in [0, 0.05) is 12.1 Å². The average molecular weight is 464 g/mol. The molecule has 0 heterocycles. The van der Waals surface area contributed by atoms with E-state index in [4.69, 9.17) is 10.2 Å². The van der Waals surface area contributed by atoms with Crippen molar-refractivity contribution >= 4 is 33.7 Å². The van der Waals surface area contributed by atoms with Crippen LogP contribution in [0.25, 0.3) is 0 Å². The van der Waals surface area contributed by atoms with Crippen LogP contribution in [0.1, 0.15) is 39.6 Å². The lowest BCUT2D eigenvalue weighted by atomic mass is 10.1. The highest BCUT2D eigenvalue weighted by atomic mass is 32.2. The molecule has 170 valence electrons. The van der Waals surface area contributed by atoms with Gasteiger partial charge in [-0.05, 0) is 42.8 Å². The van der Waals surface area contributed by atoms with E-state index in [1.54, 1.807) is 0 Å². The molecule has 0 aliphatic carbocycles. The maximum absolute atomic E-state index is 12.4. The summed E-state index contributed by atoms with van der Waals surface area (Å²) in [5, 5.41) is 29.7. The van der Waals surface area contributed by atoms with Crippen molar-refractivity contribution < 1.29 is 42.9 Å². The Labute approximate surface area is 182 Å². The number of phenols is 1. The molecule has 0 aliphatic rings. The fraction of sp³-hybridized carbons (Fsp3) is 0.200. The third-order valence-electron chi connectivity index (χ3n) is 4.37. The van der Waals surface area contributed by atoms with Crippen molar-refractivity contribution in [1.29, 1.82) is 0 Å². The number of rotatable bonds is 10. The molecule has 0 bridgehead atoms. The van der Waals surface area contributed by atoms with E-state index in [-0.39, 0.29) is 17.0 Å². The first-order chi connectivity index (χ1) is 14.9. The molecule has 12 heteroatoms. The van der Waals surface area contributed by atoms with Gasteiger partial charge in [-0.15, -0.1) is 0 Å². The van der Waals surface area contributed by atoms with E-state index < -0.39 is 57.4 Å². The zero-order chi connectivity index (χ0) is 24.1. The predicted molar refractivity (Wildman–Crippen MR) is 110 cm³/mol. The van der Waals surface area contributed by atoms with E-state index in [1.807, 2.05) is 0 Å². The lowest BCUT2D eigenvalue weighted by molar-refractivity contribution is -0.139. The molecular formula is C20H20N2O9S. The Hall–Kier alpha value is -3.77. The Morgan fingerprint density at radius 3 is 2.16 bits per heavy atom. The Bertz CT molecular complexity index is 1160. The summed E-state index contributed by atoms with van der Waals surface area (Å²) in [6.07, 6.45) is -0.554. The number of carboxylic acids is 2. The normalized spacial score (nSPS) is 12.0. The van der Waals surface area contributed by atoms with Crippen LogP contribution in [-0.2, 0) is 26.2 Å². The van der Waals surface area contributed by atoms with Gasteiger partial charge in [-0.1, -0.05) is 12.1 Å². The van der Waals surface area contributed by atoms with Crippen LogP contribution in [0.4, 0.5) is 0 Å². The number of nitrogens with one attached hydrogen (secondary N) is 2. The number of Topliss-reactive ketones (excluding diaryl/α,β-unsaturated/α-hetero) is 1. The Morgan fingerprint density at radius 1 is 1.00 bits per heavy atom. The highest BCUT2D eigenvalue weighted by molar-refractivity contribution is 7.89. The van der Waals surface area contributed by atoms with Gasteiger partial charge in [0.2, 0.25) is 10.0 Å². The number of carboxylic acid groups (broad SMARTS) is 2. The van der Waals surface area contributed by atoms with Crippen molar-refractivity contribution in [3.05, 3.63) is 59.2 Å². The van der Waals surface area contributed by atoms with E-state index in [2.05, 4.69) is 10.0 Å². The fourth-order valence-electron chi connectivity index (χ4n) is 2.60. The monoisotopic (exact) mass is 464 g/mol. The molecule has 2 rings (SSSR count). The second kappa shape index (κ2) is 10.0. The SMILES string of the molecule is CC(=O)C(CC(=O)O)NC(=O)c1ccc(CNS(=O)(=O)c2ccc(O)c(C(=O)O)c2)cc1. The summed E-state index contributed by atoms with van der Waals surface area (Å²) in [5.74, 6) is -4.46. The highest BCUT2D eigenvalue weighted by Gasteiger charge is 2.21. The molecule has 11 nitrogen and oxygen atoms in total. The Balaban J connectivity index is 2.07. The first kappa shape index (κ1) is 24.5. The summed E-state index contributed by atoms with van der Waals surface area (Å²) in [7, 11) is -4.09. The molecule has 0 saturated carbocycles. The number of carbonyl (C=O) groups excluding carboxylic acids is 2. The summed E-state index contributed by atoms with van der Waals surface area (Å²) in [5.41, 5.74) is 0.0453. The molecule has 1 amide bonds. The molecule has 5 N–H and O–H groups in total. The summed E-state index contributed by atoms with van der Waals surface area (Å²) >= 11 is 0. The topological polar surface area (TPSA) is 187 Å². The molecule has 2 aromatic carbocycles. The summed E-state index contributed by atoms with van der Waals surface area (Å²) < 4.78 is 27.1. The number of hydrogen-bond acceptors (Lipinski definition) is 7. The van der Waals surface area contributed by atoms with Gasteiger partial charge in [0.25, 0.3) is 5.91 Å². The minimum absolute atomic E-state index is 0.137. The first-order valence-electron chi connectivity index (χ1n) is 9.08. The number of benzene rings is 2. The number of aromatic hydroxyl groups is 1.